The SMILES string of the molecule is CCn1cccc(-c2cc[n+](CCC(=O)O)nc2)c1=O. The number of pyridine rings is 1. The van der Waals surface area contributed by atoms with E-state index < -0.39 is 5.97 Å². The van der Waals surface area contributed by atoms with Crippen molar-refractivity contribution in [3.63, 3.8) is 0 Å². The van der Waals surface area contributed by atoms with E-state index in [4.69, 9.17) is 5.11 Å². The van der Waals surface area contributed by atoms with Crippen molar-refractivity contribution in [2.45, 2.75) is 26.4 Å². The Morgan fingerprint density at radius 1 is 1.45 bits per heavy atom. The van der Waals surface area contributed by atoms with Gasteiger partial charge >= 0.3 is 5.97 Å². The van der Waals surface area contributed by atoms with Crippen molar-refractivity contribution in [2.75, 3.05) is 0 Å². The number of rotatable bonds is 5. The Morgan fingerprint density at radius 2 is 2.25 bits per heavy atom. The molecule has 0 spiro atoms. The van der Waals surface area contributed by atoms with E-state index in [9.17, 15) is 9.59 Å². The summed E-state index contributed by atoms with van der Waals surface area (Å²) in [6, 6.07) is 5.35. The third-order valence-corrected chi connectivity index (χ3v) is 3.00. The highest BCUT2D eigenvalue weighted by atomic mass is 16.4. The summed E-state index contributed by atoms with van der Waals surface area (Å²) < 4.78 is 3.17. The molecule has 0 fully saturated rings. The molecule has 2 heterocycles. The van der Waals surface area contributed by atoms with E-state index in [1.807, 2.05) is 13.0 Å². The maximum Gasteiger partial charge on any atom is 0.309 e. The number of hydrogen-bond donors (Lipinski definition) is 1. The van der Waals surface area contributed by atoms with Gasteiger partial charge in [0.15, 0.2) is 12.7 Å². The van der Waals surface area contributed by atoms with Gasteiger partial charge < -0.3 is 9.67 Å². The monoisotopic (exact) mass is 274 g/mol. The third kappa shape index (κ3) is 3.09. The maximum atomic E-state index is 12.2. The second-order valence-corrected chi connectivity index (χ2v) is 4.34. The zero-order chi connectivity index (χ0) is 14.5. The molecule has 0 unspecified atom stereocenters. The van der Waals surface area contributed by atoms with Crippen LogP contribution in [0.4, 0.5) is 0 Å². The number of nitrogens with zero attached hydrogens (tertiary/aromatic N) is 3. The lowest BCUT2D eigenvalue weighted by Gasteiger charge is -2.04. The second-order valence-electron chi connectivity index (χ2n) is 4.34. The molecule has 20 heavy (non-hydrogen) atoms. The summed E-state index contributed by atoms with van der Waals surface area (Å²) in [5.74, 6) is -0.864. The fraction of sp³-hybridized carbons (Fsp3) is 0.286. The lowest BCUT2D eigenvalue weighted by Crippen LogP contribution is -2.38. The summed E-state index contributed by atoms with van der Waals surface area (Å²) in [5.41, 5.74) is 1.26. The van der Waals surface area contributed by atoms with E-state index >= 15 is 0 Å². The molecule has 0 aliphatic heterocycles. The number of carbonyl (C=O) groups is 1. The summed E-state index contributed by atoms with van der Waals surface area (Å²) >= 11 is 0. The molecule has 0 amide bonds. The molecule has 6 nitrogen and oxygen atoms in total. The normalized spacial score (nSPS) is 10.4. The Balaban J connectivity index is 2.26. The minimum absolute atomic E-state index is 0.0188. The van der Waals surface area contributed by atoms with Gasteiger partial charge in [-0.3, -0.25) is 9.59 Å². The first-order valence-corrected chi connectivity index (χ1v) is 6.39. The summed E-state index contributed by atoms with van der Waals surface area (Å²) in [4.78, 5) is 22.6. The predicted octanol–water partition coefficient (Wildman–Crippen LogP) is 0.692. The highest BCUT2D eigenvalue weighted by Gasteiger charge is 2.10. The molecular formula is C14H16N3O3+. The Hall–Kier alpha value is -2.50. The van der Waals surface area contributed by atoms with Crippen molar-refractivity contribution in [3.8, 4) is 11.1 Å². The van der Waals surface area contributed by atoms with E-state index in [0.29, 0.717) is 18.7 Å². The van der Waals surface area contributed by atoms with Crippen LogP contribution in [0.3, 0.4) is 0 Å². The van der Waals surface area contributed by atoms with Crippen LogP contribution in [-0.2, 0) is 17.9 Å². The Morgan fingerprint density at radius 3 is 2.85 bits per heavy atom. The fourth-order valence-electron chi connectivity index (χ4n) is 1.89. The van der Waals surface area contributed by atoms with Gasteiger partial charge in [0.2, 0.25) is 0 Å². The maximum absolute atomic E-state index is 12.2. The van der Waals surface area contributed by atoms with E-state index in [-0.39, 0.29) is 12.0 Å². The topological polar surface area (TPSA) is 76.1 Å². The van der Waals surface area contributed by atoms with E-state index in [2.05, 4.69) is 5.10 Å². The van der Waals surface area contributed by atoms with Crippen LogP contribution < -0.4 is 10.2 Å². The Labute approximate surface area is 115 Å². The van der Waals surface area contributed by atoms with E-state index in [1.54, 1.807) is 40.0 Å². The minimum Gasteiger partial charge on any atom is -0.481 e. The van der Waals surface area contributed by atoms with Crippen LogP contribution >= 0.6 is 0 Å². The van der Waals surface area contributed by atoms with Crippen LogP contribution in [0, 0.1) is 0 Å². The number of hydrogen-bond acceptors (Lipinski definition) is 3. The number of aromatic nitrogens is 3. The first-order valence-electron chi connectivity index (χ1n) is 6.39. The lowest BCUT2D eigenvalue weighted by atomic mass is 10.1. The molecule has 2 rings (SSSR count). The standard InChI is InChI=1S/C14H15N3O3/c1-2-16-7-3-4-12(14(16)20)11-5-8-17(15-10-11)9-6-13(18)19/h3-5,7-8,10H,2,6,9H2,1H3/p+1. The smallest absolute Gasteiger partial charge is 0.309 e. The van der Waals surface area contributed by atoms with Crippen LogP contribution in [0.5, 0.6) is 0 Å². The molecule has 0 aliphatic rings. The zero-order valence-corrected chi connectivity index (χ0v) is 11.2. The Bertz CT molecular complexity index is 662. The molecule has 6 heteroatoms. The molecule has 0 bridgehead atoms. The minimum atomic E-state index is -0.864. The molecule has 2 aromatic rings. The average molecular weight is 274 g/mol. The molecule has 0 radical (unpaired) electrons. The quantitative estimate of drug-likeness (QED) is 0.814. The number of carboxylic acid groups (broad SMARTS) is 1. The molecule has 104 valence electrons. The van der Waals surface area contributed by atoms with Gasteiger partial charge in [-0.2, -0.15) is 0 Å². The van der Waals surface area contributed by atoms with Crippen molar-refractivity contribution in [3.05, 3.63) is 47.1 Å². The average Bonchev–Trinajstić information content (AvgIpc) is 2.46. The molecule has 0 atom stereocenters. The molecular weight excluding hydrogens is 258 g/mol. The third-order valence-electron chi connectivity index (χ3n) is 3.00. The molecule has 0 saturated carbocycles. The first-order chi connectivity index (χ1) is 9.61. The van der Waals surface area contributed by atoms with Gasteiger partial charge in [-0.1, -0.05) is 4.68 Å². The van der Waals surface area contributed by atoms with Crippen molar-refractivity contribution in [2.24, 2.45) is 0 Å². The first kappa shape index (κ1) is 13.9. The highest BCUT2D eigenvalue weighted by Crippen LogP contribution is 2.11. The van der Waals surface area contributed by atoms with Crippen molar-refractivity contribution < 1.29 is 14.6 Å². The lowest BCUT2D eigenvalue weighted by molar-refractivity contribution is -0.752. The van der Waals surface area contributed by atoms with Crippen LogP contribution in [0.15, 0.2) is 41.6 Å². The van der Waals surface area contributed by atoms with Crippen molar-refractivity contribution in [1.82, 2.24) is 9.67 Å². The molecule has 0 aliphatic carbocycles. The number of aliphatic carboxylic acids is 1. The van der Waals surface area contributed by atoms with E-state index in [0.717, 1.165) is 5.56 Å². The molecule has 2 aromatic heterocycles. The number of aryl methyl sites for hydroxylation is 2. The Kier molecular flexibility index (Phi) is 4.24. The van der Waals surface area contributed by atoms with Gasteiger partial charge in [0.25, 0.3) is 5.56 Å². The van der Waals surface area contributed by atoms with Gasteiger partial charge in [0.1, 0.15) is 12.6 Å². The van der Waals surface area contributed by atoms with Crippen molar-refractivity contribution in [1.29, 1.82) is 0 Å². The van der Waals surface area contributed by atoms with Gasteiger partial charge in [-0.05, 0) is 24.2 Å². The summed E-state index contributed by atoms with van der Waals surface area (Å²) in [6.07, 6.45) is 5.03. The second kappa shape index (κ2) is 6.10. The molecule has 0 aromatic carbocycles. The summed E-state index contributed by atoms with van der Waals surface area (Å²) in [7, 11) is 0. The molecule has 1 N–H and O–H groups in total. The van der Waals surface area contributed by atoms with Crippen molar-refractivity contribution >= 4 is 5.97 Å². The van der Waals surface area contributed by atoms with Gasteiger partial charge in [-0.15, -0.1) is 0 Å². The highest BCUT2D eigenvalue weighted by molar-refractivity contribution is 5.66. The van der Waals surface area contributed by atoms with Crippen LogP contribution in [0.1, 0.15) is 13.3 Å². The molecule has 0 saturated heterocycles. The number of carboxylic acids is 1. The largest absolute Gasteiger partial charge is 0.481 e. The van der Waals surface area contributed by atoms with Crippen LogP contribution in [0.2, 0.25) is 0 Å². The van der Waals surface area contributed by atoms with Gasteiger partial charge in [0, 0.05) is 29.9 Å². The summed E-state index contributed by atoms with van der Waals surface area (Å²) in [6.45, 7) is 2.84. The zero-order valence-electron chi connectivity index (χ0n) is 11.2. The summed E-state index contributed by atoms with van der Waals surface area (Å²) in [5, 5.41) is 12.7. The van der Waals surface area contributed by atoms with E-state index in [1.165, 1.54) is 0 Å². The van der Waals surface area contributed by atoms with Gasteiger partial charge in [0.05, 0.1) is 0 Å². The van der Waals surface area contributed by atoms with Gasteiger partial charge in [-0.25, -0.2) is 0 Å². The fourth-order valence-corrected chi connectivity index (χ4v) is 1.89. The predicted molar refractivity (Wildman–Crippen MR) is 72.1 cm³/mol. The van der Waals surface area contributed by atoms with Crippen LogP contribution in [0.25, 0.3) is 11.1 Å². The van der Waals surface area contributed by atoms with Crippen LogP contribution in [-0.4, -0.2) is 20.7 Å².